The Morgan fingerprint density at radius 3 is 2.65 bits per heavy atom. The zero-order valence-electron chi connectivity index (χ0n) is 18.8. The highest BCUT2D eigenvalue weighted by Gasteiger charge is 2.54. The molecule has 0 bridgehead atoms. The van der Waals surface area contributed by atoms with E-state index in [1.165, 1.54) is 11.3 Å². The molecule has 34 heavy (non-hydrogen) atoms. The molecule has 0 unspecified atom stereocenters. The molecule has 1 amide bonds. The van der Waals surface area contributed by atoms with Crippen LogP contribution in [0.25, 0.3) is 10.6 Å². The fraction of sp³-hybridized carbons (Fsp3) is 0.375. The first-order valence-corrected chi connectivity index (χ1v) is 12.4. The predicted octanol–water partition coefficient (Wildman–Crippen LogP) is 3.40. The highest BCUT2D eigenvalue weighted by atomic mass is 35.5. The van der Waals surface area contributed by atoms with Crippen LogP contribution in [-0.2, 0) is 11.2 Å². The third-order valence-electron chi connectivity index (χ3n) is 6.48. The van der Waals surface area contributed by atoms with Crippen LogP contribution in [0.2, 0.25) is 5.02 Å². The normalized spacial score (nSPS) is 17.9. The summed E-state index contributed by atoms with van der Waals surface area (Å²) in [6.45, 7) is 3.65. The number of Topliss-reactive ketones (excluding diaryl/α,β-unsaturated/α-hetero) is 1. The second-order valence-corrected chi connectivity index (χ2v) is 10.3. The number of piperazine rings is 1. The number of pyridine rings is 1. The molecule has 2 aromatic heterocycles. The molecule has 176 valence electrons. The predicted molar refractivity (Wildman–Crippen MR) is 132 cm³/mol. The Labute approximate surface area is 207 Å². The number of benzene rings is 1. The molecule has 3 aromatic rings. The minimum Gasteiger partial charge on any atom is -0.323 e. The number of nitrogens with one attached hydrogen (secondary N) is 1. The van der Waals surface area contributed by atoms with E-state index in [0.29, 0.717) is 21.3 Å². The molecule has 0 atom stereocenters. The standard InChI is InChI=1S/C24H25ClN6O2S/c1-30-9-11-31(12-10-30)24(6-7-24)23(33)27-19-13-16(4-5-18(19)25)20(32)14-21-28-29-22(34-21)17-3-2-8-26-15-17/h2-5,8,13,15H,6-7,9-12,14H2,1H3,(H,27,33). The number of halogens is 1. The van der Waals surface area contributed by atoms with Gasteiger partial charge in [0.15, 0.2) is 5.78 Å². The van der Waals surface area contributed by atoms with Gasteiger partial charge in [-0.25, -0.2) is 0 Å². The molecule has 0 spiro atoms. The lowest BCUT2D eigenvalue weighted by Crippen LogP contribution is -2.54. The number of carbonyl (C=O) groups excluding carboxylic acids is 2. The topological polar surface area (TPSA) is 91.3 Å². The van der Waals surface area contributed by atoms with Gasteiger partial charge < -0.3 is 10.2 Å². The van der Waals surface area contributed by atoms with Gasteiger partial charge in [0, 0.05) is 49.7 Å². The van der Waals surface area contributed by atoms with E-state index in [2.05, 4.69) is 37.3 Å². The molecule has 3 heterocycles. The number of nitrogens with zero attached hydrogens (tertiary/aromatic N) is 5. The smallest absolute Gasteiger partial charge is 0.244 e. The second kappa shape index (κ2) is 9.50. The van der Waals surface area contributed by atoms with Gasteiger partial charge in [0.1, 0.15) is 15.6 Å². The van der Waals surface area contributed by atoms with Crippen molar-refractivity contribution in [3.63, 3.8) is 0 Å². The van der Waals surface area contributed by atoms with Gasteiger partial charge in [-0.15, -0.1) is 10.2 Å². The molecule has 0 radical (unpaired) electrons. The maximum atomic E-state index is 13.2. The number of aromatic nitrogens is 3. The number of likely N-dealkylation sites (N-methyl/N-ethyl adjacent to an activating group) is 1. The summed E-state index contributed by atoms with van der Waals surface area (Å²) in [5.41, 5.74) is 1.35. The molecule has 1 saturated heterocycles. The van der Waals surface area contributed by atoms with Crippen molar-refractivity contribution in [2.45, 2.75) is 24.8 Å². The van der Waals surface area contributed by atoms with Gasteiger partial charge in [0.05, 0.1) is 17.1 Å². The van der Waals surface area contributed by atoms with Crippen LogP contribution in [0, 0.1) is 0 Å². The fourth-order valence-electron chi connectivity index (χ4n) is 4.24. The van der Waals surface area contributed by atoms with Crippen molar-refractivity contribution in [3.05, 3.63) is 58.3 Å². The average molecular weight is 497 g/mol. The average Bonchev–Trinajstić information content (AvgIpc) is 3.53. The first-order chi connectivity index (χ1) is 16.4. The minimum absolute atomic E-state index is 0.0474. The Morgan fingerprint density at radius 2 is 1.94 bits per heavy atom. The Kier molecular flexibility index (Phi) is 6.44. The summed E-state index contributed by atoms with van der Waals surface area (Å²) in [4.78, 5) is 34.8. The minimum atomic E-state index is -0.458. The molecule has 1 aliphatic heterocycles. The largest absolute Gasteiger partial charge is 0.323 e. The van der Waals surface area contributed by atoms with E-state index in [0.717, 1.165) is 49.6 Å². The third kappa shape index (κ3) is 4.74. The number of ketones is 1. The van der Waals surface area contributed by atoms with E-state index in [1.807, 2.05) is 12.1 Å². The Balaban J connectivity index is 1.27. The summed E-state index contributed by atoms with van der Waals surface area (Å²) < 4.78 is 0. The van der Waals surface area contributed by atoms with Crippen LogP contribution in [0.15, 0.2) is 42.7 Å². The summed E-state index contributed by atoms with van der Waals surface area (Å²) >= 11 is 7.75. The van der Waals surface area contributed by atoms with Crippen molar-refractivity contribution in [2.75, 3.05) is 38.5 Å². The van der Waals surface area contributed by atoms with Gasteiger partial charge in [-0.2, -0.15) is 0 Å². The van der Waals surface area contributed by atoms with Crippen LogP contribution in [0.4, 0.5) is 5.69 Å². The van der Waals surface area contributed by atoms with Gasteiger partial charge in [-0.3, -0.25) is 19.5 Å². The molecule has 8 nitrogen and oxygen atoms in total. The first-order valence-electron chi connectivity index (χ1n) is 11.3. The van der Waals surface area contributed by atoms with E-state index < -0.39 is 5.54 Å². The van der Waals surface area contributed by atoms with E-state index in [9.17, 15) is 9.59 Å². The number of hydrogen-bond donors (Lipinski definition) is 1. The molecule has 1 aromatic carbocycles. The molecule has 1 aliphatic carbocycles. The maximum Gasteiger partial charge on any atom is 0.244 e. The van der Waals surface area contributed by atoms with E-state index in [4.69, 9.17) is 11.6 Å². The number of amides is 1. The molecular formula is C24H25ClN6O2S. The van der Waals surface area contributed by atoms with Crippen molar-refractivity contribution in [1.82, 2.24) is 25.0 Å². The Hall–Kier alpha value is -2.72. The summed E-state index contributed by atoms with van der Waals surface area (Å²) in [5, 5.41) is 13.1. The number of anilines is 1. The summed E-state index contributed by atoms with van der Waals surface area (Å²) in [5.74, 6) is -0.157. The van der Waals surface area contributed by atoms with Crippen LogP contribution < -0.4 is 5.32 Å². The zero-order valence-corrected chi connectivity index (χ0v) is 20.4. The quantitative estimate of drug-likeness (QED) is 0.501. The van der Waals surface area contributed by atoms with E-state index in [1.54, 1.807) is 30.6 Å². The highest BCUT2D eigenvalue weighted by molar-refractivity contribution is 7.14. The maximum absolute atomic E-state index is 13.2. The monoisotopic (exact) mass is 496 g/mol. The van der Waals surface area contributed by atoms with Crippen molar-refractivity contribution < 1.29 is 9.59 Å². The van der Waals surface area contributed by atoms with Crippen LogP contribution in [-0.4, -0.2) is 75.4 Å². The van der Waals surface area contributed by atoms with Gasteiger partial charge >= 0.3 is 0 Å². The Morgan fingerprint density at radius 1 is 1.15 bits per heavy atom. The number of hydrogen-bond acceptors (Lipinski definition) is 8. The van der Waals surface area contributed by atoms with Crippen LogP contribution in [0.1, 0.15) is 28.2 Å². The van der Waals surface area contributed by atoms with Crippen LogP contribution >= 0.6 is 22.9 Å². The van der Waals surface area contributed by atoms with E-state index >= 15 is 0 Å². The molecule has 10 heteroatoms. The second-order valence-electron chi connectivity index (χ2n) is 8.81. The summed E-state index contributed by atoms with van der Waals surface area (Å²) in [6, 6.07) is 8.73. The molecule has 2 aliphatic rings. The van der Waals surface area contributed by atoms with Crippen LogP contribution in [0.3, 0.4) is 0 Å². The van der Waals surface area contributed by atoms with Crippen molar-refractivity contribution in [3.8, 4) is 10.6 Å². The van der Waals surface area contributed by atoms with Gasteiger partial charge in [-0.05, 0) is 50.2 Å². The molecule has 1 saturated carbocycles. The molecule has 5 rings (SSSR count). The van der Waals surface area contributed by atoms with Gasteiger partial charge in [0.2, 0.25) is 5.91 Å². The number of carbonyl (C=O) groups is 2. The highest BCUT2D eigenvalue weighted by Crippen LogP contribution is 2.43. The van der Waals surface area contributed by atoms with E-state index in [-0.39, 0.29) is 18.1 Å². The van der Waals surface area contributed by atoms with Gasteiger partial charge in [-0.1, -0.05) is 22.9 Å². The molecule has 2 fully saturated rings. The number of rotatable bonds is 7. The lowest BCUT2D eigenvalue weighted by molar-refractivity contribution is -0.123. The lowest BCUT2D eigenvalue weighted by Gasteiger charge is -2.37. The van der Waals surface area contributed by atoms with Crippen molar-refractivity contribution in [2.24, 2.45) is 0 Å². The Bertz CT molecular complexity index is 1210. The van der Waals surface area contributed by atoms with Crippen LogP contribution in [0.5, 0.6) is 0 Å². The fourth-order valence-corrected chi connectivity index (χ4v) is 5.24. The summed E-state index contributed by atoms with van der Waals surface area (Å²) in [6.07, 6.45) is 5.22. The molecule has 1 N–H and O–H groups in total. The van der Waals surface area contributed by atoms with Crippen molar-refractivity contribution in [1.29, 1.82) is 0 Å². The summed E-state index contributed by atoms with van der Waals surface area (Å²) in [7, 11) is 2.10. The van der Waals surface area contributed by atoms with Gasteiger partial charge in [0.25, 0.3) is 0 Å². The van der Waals surface area contributed by atoms with Crippen molar-refractivity contribution >= 4 is 40.3 Å². The third-order valence-corrected chi connectivity index (χ3v) is 7.78. The molecular weight excluding hydrogens is 472 g/mol. The first kappa shape index (κ1) is 23.0. The lowest BCUT2D eigenvalue weighted by atomic mass is 10.1. The SMILES string of the molecule is CN1CCN(C2(C(=O)Nc3cc(C(=O)Cc4nnc(-c5cccnc5)s4)ccc3Cl)CC2)CC1. The zero-order chi connectivity index (χ0) is 23.7.